The number of unbranched alkanes of at least 4 members (excludes halogenated alkanes) is 6. The zero-order valence-corrected chi connectivity index (χ0v) is 22.4. The number of rotatable bonds is 10. The molecule has 2 heteroatoms. The summed E-state index contributed by atoms with van der Waals surface area (Å²) < 4.78 is 0. The van der Waals surface area contributed by atoms with Gasteiger partial charge in [-0.1, -0.05) is 125 Å². The van der Waals surface area contributed by atoms with Crippen LogP contribution in [0.1, 0.15) is 75.3 Å². The molecule has 2 heterocycles. The van der Waals surface area contributed by atoms with E-state index in [1.165, 1.54) is 77.6 Å². The molecule has 190 valence electrons. The maximum atomic E-state index is 5.06. The Bertz CT molecular complexity index is 1470. The van der Waals surface area contributed by atoms with Gasteiger partial charge in [-0.25, -0.2) is 9.97 Å². The first-order valence-corrected chi connectivity index (χ1v) is 14.4. The van der Waals surface area contributed by atoms with Crippen molar-refractivity contribution >= 4 is 43.6 Å². The fraction of sp³-hybridized carbons (Fsp3) is 0.278. The van der Waals surface area contributed by atoms with Gasteiger partial charge in [0.2, 0.25) is 0 Å². The Balaban J connectivity index is 1.56. The number of pyridine rings is 2. The van der Waals surface area contributed by atoms with E-state index >= 15 is 0 Å². The van der Waals surface area contributed by atoms with E-state index in [1.807, 2.05) is 0 Å². The van der Waals surface area contributed by atoms with Gasteiger partial charge in [0.15, 0.2) is 0 Å². The predicted octanol–water partition coefficient (Wildman–Crippen LogP) is 10.4. The number of aromatic nitrogens is 2. The quantitative estimate of drug-likeness (QED) is 0.139. The summed E-state index contributed by atoms with van der Waals surface area (Å²) in [5.41, 5.74) is 7.14. The van der Waals surface area contributed by atoms with Gasteiger partial charge in [-0.2, -0.15) is 0 Å². The Hall–Kier alpha value is -3.78. The summed E-state index contributed by atoms with van der Waals surface area (Å²) in [6.07, 6.45) is 10.3. The lowest BCUT2D eigenvalue weighted by Gasteiger charge is -2.25. The van der Waals surface area contributed by atoms with E-state index in [-0.39, 0.29) is 5.92 Å². The van der Waals surface area contributed by atoms with Gasteiger partial charge in [-0.15, -0.1) is 0 Å². The van der Waals surface area contributed by atoms with Crippen LogP contribution in [0.2, 0.25) is 0 Å². The summed E-state index contributed by atoms with van der Waals surface area (Å²) >= 11 is 0. The third-order valence-electron chi connectivity index (χ3n) is 8.05. The third kappa shape index (κ3) is 4.76. The molecule has 0 radical (unpaired) electrons. The Morgan fingerprint density at radius 2 is 0.789 bits per heavy atom. The van der Waals surface area contributed by atoms with Crippen LogP contribution in [0.4, 0.5) is 0 Å². The van der Waals surface area contributed by atoms with Gasteiger partial charge in [-0.3, -0.25) is 0 Å². The van der Waals surface area contributed by atoms with Crippen LogP contribution in [0.25, 0.3) is 43.6 Å². The van der Waals surface area contributed by atoms with Crippen molar-refractivity contribution in [2.45, 2.75) is 64.2 Å². The molecular formula is C36H36N2. The van der Waals surface area contributed by atoms with Crippen molar-refractivity contribution < 1.29 is 0 Å². The summed E-state index contributed by atoms with van der Waals surface area (Å²) in [6, 6.07) is 34.8. The Labute approximate surface area is 225 Å². The number of hydrogen-bond donors (Lipinski definition) is 0. The zero-order chi connectivity index (χ0) is 25.7. The van der Waals surface area contributed by atoms with Gasteiger partial charge in [0.25, 0.3) is 0 Å². The maximum Gasteiger partial charge on any atom is 0.0712 e. The van der Waals surface area contributed by atoms with Gasteiger partial charge >= 0.3 is 0 Å². The standard InChI is InChI=1S/C36H36N2/c1-2-3-4-5-6-7-8-21-30(35-26-17-9-13-22-31(26)37-32-23-14-10-18-27(32)35)36-28-19-11-15-24-33(28)38-34-25-16-12-20-29(34)36/h9-20,22-25,30H,2-8,21H2,1H3. The molecule has 0 N–H and O–H groups in total. The van der Waals surface area contributed by atoms with Gasteiger partial charge in [0, 0.05) is 27.5 Å². The van der Waals surface area contributed by atoms with E-state index in [2.05, 4.69) is 104 Å². The Morgan fingerprint density at radius 3 is 1.18 bits per heavy atom. The SMILES string of the molecule is CCCCCCCCCC(c1c2ccccc2nc2ccccc12)c1c2ccccc2nc2ccccc12. The topological polar surface area (TPSA) is 25.8 Å². The number of benzene rings is 4. The van der Waals surface area contributed by atoms with Gasteiger partial charge in [-0.05, 0) is 41.8 Å². The molecule has 0 spiro atoms. The monoisotopic (exact) mass is 496 g/mol. The van der Waals surface area contributed by atoms with Gasteiger partial charge < -0.3 is 0 Å². The Morgan fingerprint density at radius 1 is 0.447 bits per heavy atom. The summed E-state index contributed by atoms with van der Waals surface area (Å²) in [7, 11) is 0. The molecule has 0 saturated carbocycles. The van der Waals surface area contributed by atoms with Crippen LogP contribution in [0.3, 0.4) is 0 Å². The van der Waals surface area contributed by atoms with E-state index < -0.39 is 0 Å². The molecule has 0 bridgehead atoms. The number of hydrogen-bond acceptors (Lipinski definition) is 2. The molecule has 6 rings (SSSR count). The molecule has 2 nitrogen and oxygen atoms in total. The molecule has 0 amide bonds. The second-order valence-electron chi connectivity index (χ2n) is 10.6. The van der Waals surface area contributed by atoms with Crippen LogP contribution in [-0.2, 0) is 0 Å². The van der Waals surface area contributed by atoms with Crippen molar-refractivity contribution in [3.8, 4) is 0 Å². The van der Waals surface area contributed by atoms with Crippen molar-refractivity contribution in [2.24, 2.45) is 0 Å². The molecular weight excluding hydrogens is 460 g/mol. The molecule has 4 aromatic carbocycles. The first-order valence-electron chi connectivity index (χ1n) is 14.4. The molecule has 0 saturated heterocycles. The zero-order valence-electron chi connectivity index (χ0n) is 22.4. The number of nitrogens with zero attached hydrogens (tertiary/aromatic N) is 2. The van der Waals surface area contributed by atoms with E-state index in [1.54, 1.807) is 0 Å². The van der Waals surface area contributed by atoms with Crippen LogP contribution < -0.4 is 0 Å². The van der Waals surface area contributed by atoms with Crippen LogP contribution in [0, 0.1) is 0 Å². The molecule has 0 atom stereocenters. The predicted molar refractivity (Wildman–Crippen MR) is 163 cm³/mol. The fourth-order valence-electron chi connectivity index (χ4n) is 6.23. The van der Waals surface area contributed by atoms with Crippen LogP contribution in [-0.4, -0.2) is 9.97 Å². The van der Waals surface area contributed by atoms with Crippen molar-refractivity contribution in [1.82, 2.24) is 9.97 Å². The first-order chi connectivity index (χ1) is 18.8. The molecule has 0 aliphatic rings. The van der Waals surface area contributed by atoms with Gasteiger partial charge in [0.1, 0.15) is 0 Å². The van der Waals surface area contributed by atoms with Crippen LogP contribution >= 0.6 is 0 Å². The molecule has 38 heavy (non-hydrogen) atoms. The van der Waals surface area contributed by atoms with E-state index in [0.29, 0.717) is 0 Å². The van der Waals surface area contributed by atoms with Crippen molar-refractivity contribution in [3.05, 3.63) is 108 Å². The second-order valence-corrected chi connectivity index (χ2v) is 10.6. The largest absolute Gasteiger partial charge is 0.248 e. The summed E-state index contributed by atoms with van der Waals surface area (Å²) in [5, 5.41) is 5.07. The fourth-order valence-corrected chi connectivity index (χ4v) is 6.23. The maximum absolute atomic E-state index is 5.06. The highest BCUT2D eigenvalue weighted by Crippen LogP contribution is 2.43. The lowest BCUT2D eigenvalue weighted by Crippen LogP contribution is -2.07. The number of para-hydroxylation sites is 4. The third-order valence-corrected chi connectivity index (χ3v) is 8.05. The van der Waals surface area contributed by atoms with E-state index in [9.17, 15) is 0 Å². The van der Waals surface area contributed by atoms with Crippen LogP contribution in [0.15, 0.2) is 97.1 Å². The normalized spacial score (nSPS) is 11.8. The molecule has 0 aliphatic carbocycles. The highest BCUT2D eigenvalue weighted by molar-refractivity contribution is 6.03. The smallest absolute Gasteiger partial charge is 0.0712 e. The van der Waals surface area contributed by atoms with Crippen LogP contribution in [0.5, 0.6) is 0 Å². The summed E-state index contributed by atoms with van der Waals surface area (Å²) in [4.78, 5) is 10.1. The number of fused-ring (bicyclic) bond motifs is 4. The molecule has 6 aromatic rings. The second kappa shape index (κ2) is 11.3. The lowest BCUT2D eigenvalue weighted by atomic mass is 9.80. The highest BCUT2D eigenvalue weighted by atomic mass is 14.7. The summed E-state index contributed by atoms with van der Waals surface area (Å²) in [6.45, 7) is 2.29. The molecule has 2 aromatic heterocycles. The Kier molecular flexibility index (Phi) is 7.31. The first kappa shape index (κ1) is 24.6. The minimum atomic E-state index is 0.251. The highest BCUT2D eigenvalue weighted by Gasteiger charge is 2.24. The van der Waals surface area contributed by atoms with Crippen molar-refractivity contribution in [1.29, 1.82) is 0 Å². The lowest BCUT2D eigenvalue weighted by molar-refractivity contribution is 0.562. The summed E-state index contributed by atoms with van der Waals surface area (Å²) in [5.74, 6) is 0.251. The van der Waals surface area contributed by atoms with E-state index in [0.717, 1.165) is 28.5 Å². The van der Waals surface area contributed by atoms with Crippen molar-refractivity contribution in [2.75, 3.05) is 0 Å². The molecule has 0 fully saturated rings. The minimum absolute atomic E-state index is 0.251. The van der Waals surface area contributed by atoms with Gasteiger partial charge in [0.05, 0.1) is 22.1 Å². The van der Waals surface area contributed by atoms with E-state index in [4.69, 9.17) is 9.97 Å². The molecule has 0 aliphatic heterocycles. The average Bonchev–Trinajstić information content (AvgIpc) is 2.97. The average molecular weight is 497 g/mol. The minimum Gasteiger partial charge on any atom is -0.248 e. The van der Waals surface area contributed by atoms with Crippen molar-refractivity contribution in [3.63, 3.8) is 0 Å². The molecule has 0 unspecified atom stereocenters.